The Morgan fingerprint density at radius 1 is 1.04 bits per heavy atom. The van der Waals surface area contributed by atoms with Crippen molar-refractivity contribution in [3.63, 3.8) is 0 Å². The van der Waals surface area contributed by atoms with Crippen LogP contribution in [-0.4, -0.2) is 39.5 Å². The second-order valence-corrected chi connectivity index (χ2v) is 5.67. The molecule has 0 aliphatic carbocycles. The molecule has 120 valence electrons. The predicted octanol–water partition coefficient (Wildman–Crippen LogP) is 3.11. The zero-order valence-electron chi connectivity index (χ0n) is 13.1. The van der Waals surface area contributed by atoms with Crippen LogP contribution < -0.4 is 0 Å². The van der Waals surface area contributed by atoms with Crippen molar-refractivity contribution in [2.75, 3.05) is 13.4 Å². The molecule has 0 amide bonds. The summed E-state index contributed by atoms with van der Waals surface area (Å²) in [7, 11) is 1.31. The molecule has 0 unspecified atom stereocenters. The summed E-state index contributed by atoms with van der Waals surface area (Å²) in [5.74, 6) is -0.152. The monoisotopic (exact) mass is 338 g/mol. The summed E-state index contributed by atoms with van der Waals surface area (Å²) in [6.07, 6.45) is 3.67. The molecule has 0 fully saturated rings. The average molecular weight is 338 g/mol. The van der Waals surface area contributed by atoms with Crippen LogP contribution in [0.2, 0.25) is 0 Å². The SMILES string of the molecule is COC(=O)c1cccc(-c2ncc(-c3ccc(SC)cc3)nn2)n1. The Kier molecular flexibility index (Phi) is 4.81. The van der Waals surface area contributed by atoms with Crippen molar-refractivity contribution in [2.24, 2.45) is 0 Å². The van der Waals surface area contributed by atoms with Crippen molar-refractivity contribution < 1.29 is 9.53 Å². The van der Waals surface area contributed by atoms with Gasteiger partial charge < -0.3 is 4.74 Å². The molecule has 0 aliphatic heterocycles. The average Bonchev–Trinajstić information content (AvgIpc) is 2.67. The fourth-order valence-corrected chi connectivity index (χ4v) is 2.47. The number of hydrogen-bond acceptors (Lipinski definition) is 7. The summed E-state index contributed by atoms with van der Waals surface area (Å²) in [5, 5.41) is 8.31. The first-order valence-electron chi connectivity index (χ1n) is 7.11. The summed E-state index contributed by atoms with van der Waals surface area (Å²) in [5.41, 5.74) is 2.29. The van der Waals surface area contributed by atoms with Gasteiger partial charge in [0.05, 0.1) is 13.3 Å². The van der Waals surface area contributed by atoms with Crippen LogP contribution in [0.5, 0.6) is 0 Å². The molecule has 2 heterocycles. The lowest BCUT2D eigenvalue weighted by molar-refractivity contribution is 0.0594. The molecule has 0 atom stereocenters. The third-order valence-electron chi connectivity index (χ3n) is 3.32. The lowest BCUT2D eigenvalue weighted by Crippen LogP contribution is -2.05. The Bertz CT molecular complexity index is 851. The van der Waals surface area contributed by atoms with Gasteiger partial charge in [0, 0.05) is 10.5 Å². The van der Waals surface area contributed by atoms with E-state index in [-0.39, 0.29) is 5.69 Å². The van der Waals surface area contributed by atoms with Crippen LogP contribution >= 0.6 is 11.8 Å². The van der Waals surface area contributed by atoms with E-state index in [0.29, 0.717) is 17.2 Å². The zero-order valence-corrected chi connectivity index (χ0v) is 13.9. The Balaban J connectivity index is 1.87. The maximum Gasteiger partial charge on any atom is 0.356 e. The summed E-state index contributed by atoms with van der Waals surface area (Å²) >= 11 is 1.68. The molecule has 3 aromatic rings. The molecule has 0 aliphatic rings. The second-order valence-electron chi connectivity index (χ2n) is 4.80. The fourth-order valence-electron chi connectivity index (χ4n) is 2.06. The molecule has 0 spiro atoms. The van der Waals surface area contributed by atoms with Gasteiger partial charge in [0.15, 0.2) is 5.82 Å². The molecule has 1 aromatic carbocycles. The summed E-state index contributed by atoms with van der Waals surface area (Å²) in [6, 6.07) is 13.0. The molecular weight excluding hydrogens is 324 g/mol. The summed E-state index contributed by atoms with van der Waals surface area (Å²) < 4.78 is 4.66. The van der Waals surface area contributed by atoms with Crippen molar-refractivity contribution in [1.82, 2.24) is 20.2 Å². The minimum atomic E-state index is -0.504. The van der Waals surface area contributed by atoms with Crippen molar-refractivity contribution in [1.29, 1.82) is 0 Å². The molecule has 2 aromatic heterocycles. The molecular formula is C17H14N4O2S. The Morgan fingerprint density at radius 3 is 2.46 bits per heavy atom. The van der Waals surface area contributed by atoms with E-state index in [1.54, 1.807) is 36.2 Å². The third-order valence-corrected chi connectivity index (χ3v) is 4.06. The number of methoxy groups -OCH3 is 1. The molecule has 3 rings (SSSR count). The number of aromatic nitrogens is 4. The van der Waals surface area contributed by atoms with Gasteiger partial charge in [0.2, 0.25) is 0 Å². The van der Waals surface area contributed by atoms with Gasteiger partial charge in [-0.3, -0.25) is 0 Å². The highest BCUT2D eigenvalue weighted by molar-refractivity contribution is 7.98. The van der Waals surface area contributed by atoms with Crippen LogP contribution in [-0.2, 0) is 4.74 Å². The Hall–Kier alpha value is -2.80. The van der Waals surface area contributed by atoms with Crippen LogP contribution in [0.15, 0.2) is 53.6 Å². The molecule has 0 saturated carbocycles. The van der Waals surface area contributed by atoms with Gasteiger partial charge in [0.25, 0.3) is 0 Å². The number of carbonyl (C=O) groups excluding carboxylic acids is 1. The first-order valence-corrected chi connectivity index (χ1v) is 8.33. The van der Waals surface area contributed by atoms with Gasteiger partial charge in [-0.25, -0.2) is 14.8 Å². The molecule has 24 heavy (non-hydrogen) atoms. The van der Waals surface area contributed by atoms with Crippen LogP contribution in [0.4, 0.5) is 0 Å². The maximum absolute atomic E-state index is 11.5. The first kappa shape index (κ1) is 16.1. The number of rotatable bonds is 4. The van der Waals surface area contributed by atoms with Crippen molar-refractivity contribution in [3.8, 4) is 22.8 Å². The van der Waals surface area contributed by atoms with E-state index in [9.17, 15) is 4.79 Å². The fraction of sp³-hybridized carbons (Fsp3) is 0.118. The van der Waals surface area contributed by atoms with Gasteiger partial charge in [-0.2, -0.15) is 0 Å². The molecule has 0 bridgehead atoms. The summed E-state index contributed by atoms with van der Waals surface area (Å²) in [4.78, 5) is 21.2. The van der Waals surface area contributed by atoms with E-state index in [1.165, 1.54) is 12.0 Å². The van der Waals surface area contributed by atoms with E-state index in [4.69, 9.17) is 0 Å². The van der Waals surface area contributed by atoms with Crippen molar-refractivity contribution in [2.45, 2.75) is 4.90 Å². The van der Waals surface area contributed by atoms with E-state index in [1.807, 2.05) is 30.5 Å². The molecule has 0 saturated heterocycles. The van der Waals surface area contributed by atoms with E-state index >= 15 is 0 Å². The van der Waals surface area contributed by atoms with Gasteiger partial charge >= 0.3 is 5.97 Å². The van der Waals surface area contributed by atoms with Gasteiger partial charge in [0.1, 0.15) is 17.1 Å². The van der Waals surface area contributed by atoms with E-state index in [0.717, 1.165) is 5.56 Å². The predicted molar refractivity (Wildman–Crippen MR) is 91.6 cm³/mol. The standard InChI is InChI=1S/C17H14N4O2S/c1-23-17(22)14-5-3-4-13(19-14)16-18-10-15(20-21-16)11-6-8-12(24-2)9-7-11/h3-10H,1-2H3. The smallest absolute Gasteiger partial charge is 0.356 e. The van der Waals surface area contributed by atoms with Gasteiger partial charge in [-0.1, -0.05) is 18.2 Å². The number of hydrogen-bond donors (Lipinski definition) is 0. The second kappa shape index (κ2) is 7.18. The van der Waals surface area contributed by atoms with Crippen LogP contribution in [0.25, 0.3) is 22.8 Å². The molecule has 7 heteroatoms. The number of pyridine rings is 1. The minimum absolute atomic E-state index is 0.204. The quantitative estimate of drug-likeness (QED) is 0.534. The van der Waals surface area contributed by atoms with E-state index < -0.39 is 5.97 Å². The number of benzene rings is 1. The lowest BCUT2D eigenvalue weighted by Gasteiger charge is -2.04. The number of carbonyl (C=O) groups is 1. The highest BCUT2D eigenvalue weighted by atomic mass is 32.2. The third kappa shape index (κ3) is 3.41. The van der Waals surface area contributed by atoms with Crippen LogP contribution in [0, 0.1) is 0 Å². The minimum Gasteiger partial charge on any atom is -0.464 e. The number of nitrogens with zero attached hydrogens (tertiary/aromatic N) is 4. The van der Waals surface area contributed by atoms with Gasteiger partial charge in [-0.15, -0.1) is 22.0 Å². The normalized spacial score (nSPS) is 10.4. The largest absolute Gasteiger partial charge is 0.464 e. The number of ether oxygens (including phenoxy) is 1. The molecule has 0 N–H and O–H groups in total. The van der Waals surface area contributed by atoms with Crippen LogP contribution in [0.1, 0.15) is 10.5 Å². The topological polar surface area (TPSA) is 77.9 Å². The molecule has 0 radical (unpaired) electrons. The van der Waals surface area contributed by atoms with Crippen molar-refractivity contribution in [3.05, 3.63) is 54.4 Å². The first-order chi connectivity index (χ1) is 11.7. The van der Waals surface area contributed by atoms with E-state index in [2.05, 4.69) is 24.9 Å². The lowest BCUT2D eigenvalue weighted by atomic mass is 10.2. The maximum atomic E-state index is 11.5. The van der Waals surface area contributed by atoms with Crippen molar-refractivity contribution >= 4 is 17.7 Å². The zero-order chi connectivity index (χ0) is 16.9. The highest BCUT2D eigenvalue weighted by Crippen LogP contribution is 2.21. The van der Waals surface area contributed by atoms with Crippen LogP contribution in [0.3, 0.4) is 0 Å². The Labute approximate surface area is 143 Å². The highest BCUT2D eigenvalue weighted by Gasteiger charge is 2.11. The molecule has 6 nitrogen and oxygen atoms in total. The Morgan fingerprint density at radius 2 is 1.83 bits per heavy atom. The van der Waals surface area contributed by atoms with Gasteiger partial charge in [-0.05, 0) is 30.5 Å². The number of thioether (sulfide) groups is 1. The summed E-state index contributed by atoms with van der Waals surface area (Å²) in [6.45, 7) is 0. The number of esters is 1.